The number of benzene rings is 2. The highest BCUT2D eigenvalue weighted by Gasteiger charge is 2.21. The summed E-state index contributed by atoms with van der Waals surface area (Å²) in [5.41, 5.74) is 1.76. The number of fused-ring (bicyclic) bond motifs is 2. The van der Waals surface area contributed by atoms with E-state index in [9.17, 15) is 13.6 Å². The molecule has 4 aromatic rings. The molecule has 0 amide bonds. The highest BCUT2D eigenvalue weighted by atomic mass is 35.5. The normalized spacial score (nSPS) is 16.8. The minimum Gasteiger partial charge on any atom is -0.383 e. The Morgan fingerprint density at radius 2 is 1.97 bits per heavy atom. The van der Waals surface area contributed by atoms with Crippen molar-refractivity contribution in [2.45, 2.75) is 12.8 Å². The number of aromatic nitrogens is 3. The van der Waals surface area contributed by atoms with Crippen LogP contribution in [-0.2, 0) is 0 Å². The van der Waals surface area contributed by atoms with E-state index >= 15 is 0 Å². The van der Waals surface area contributed by atoms with Crippen LogP contribution in [-0.4, -0.2) is 34.6 Å². The van der Waals surface area contributed by atoms with Gasteiger partial charge in [-0.2, -0.15) is 0 Å². The largest absolute Gasteiger partial charge is 0.383 e. The lowest BCUT2D eigenvalue weighted by atomic mass is 9.99. The van der Waals surface area contributed by atoms with Gasteiger partial charge in [0.25, 0.3) is 5.56 Å². The zero-order chi connectivity index (χ0) is 21.5. The molecule has 4 N–H and O–H groups in total. The summed E-state index contributed by atoms with van der Waals surface area (Å²) in [4.78, 5) is 23.4. The lowest BCUT2D eigenvalue weighted by Crippen LogP contribution is -2.33. The minimum atomic E-state index is -1.02. The summed E-state index contributed by atoms with van der Waals surface area (Å²) in [6.45, 7) is 2.43. The Morgan fingerprint density at radius 3 is 2.77 bits per heavy atom. The maximum atomic E-state index is 14.1. The second kappa shape index (κ2) is 7.94. The van der Waals surface area contributed by atoms with E-state index in [1.807, 2.05) is 0 Å². The number of aromatic amines is 2. The molecule has 0 radical (unpaired) electrons. The smallest absolute Gasteiger partial charge is 0.261 e. The molecule has 2 aromatic heterocycles. The molecule has 1 unspecified atom stereocenters. The highest BCUT2D eigenvalue weighted by Crippen LogP contribution is 2.32. The fourth-order valence-electron chi connectivity index (χ4n) is 4.14. The van der Waals surface area contributed by atoms with E-state index in [-0.39, 0.29) is 11.1 Å². The van der Waals surface area contributed by atoms with E-state index < -0.39 is 17.2 Å². The van der Waals surface area contributed by atoms with Crippen LogP contribution in [0.5, 0.6) is 0 Å². The molecule has 0 bridgehead atoms. The van der Waals surface area contributed by atoms with Crippen molar-refractivity contribution in [1.82, 2.24) is 20.3 Å². The molecule has 1 fully saturated rings. The van der Waals surface area contributed by atoms with E-state index in [0.29, 0.717) is 45.4 Å². The first-order valence-electron chi connectivity index (χ1n) is 10.1. The van der Waals surface area contributed by atoms with Crippen molar-refractivity contribution in [2.24, 2.45) is 5.92 Å². The summed E-state index contributed by atoms with van der Waals surface area (Å²) < 4.78 is 28.0. The van der Waals surface area contributed by atoms with Crippen LogP contribution in [0.1, 0.15) is 12.8 Å². The predicted octanol–water partition coefficient (Wildman–Crippen LogP) is 4.41. The van der Waals surface area contributed by atoms with Gasteiger partial charge in [-0.25, -0.2) is 13.8 Å². The van der Waals surface area contributed by atoms with Crippen molar-refractivity contribution in [1.29, 1.82) is 0 Å². The van der Waals surface area contributed by atoms with Crippen LogP contribution in [0.25, 0.3) is 33.3 Å². The standard InChI is InChI=1S/C22H20ClF2N5O/c23-12-3-4-16-18(6-12)29-21(28-16)19-20(27-10-11-2-1-5-26-9-11)13-7-14(24)15(25)8-17(13)30-22(19)31/h3-4,6-8,11,26H,1-2,5,9-10H2,(H,28,29)(H2,27,30,31). The molecule has 1 aliphatic rings. The van der Waals surface area contributed by atoms with Crippen molar-refractivity contribution in [3.63, 3.8) is 0 Å². The quantitative estimate of drug-likeness (QED) is 0.376. The van der Waals surface area contributed by atoms with Gasteiger partial charge < -0.3 is 20.6 Å². The third-order valence-electron chi connectivity index (χ3n) is 5.70. The lowest BCUT2D eigenvalue weighted by Gasteiger charge is -2.24. The third kappa shape index (κ3) is 3.77. The van der Waals surface area contributed by atoms with Gasteiger partial charge in [0.1, 0.15) is 11.4 Å². The van der Waals surface area contributed by atoms with Gasteiger partial charge in [-0.15, -0.1) is 0 Å². The van der Waals surface area contributed by atoms with Gasteiger partial charge >= 0.3 is 0 Å². The molecule has 160 valence electrons. The van der Waals surface area contributed by atoms with Gasteiger partial charge in [0.05, 0.1) is 22.2 Å². The van der Waals surface area contributed by atoms with Crippen LogP contribution < -0.4 is 16.2 Å². The van der Waals surface area contributed by atoms with Gasteiger partial charge in [-0.05, 0) is 56.1 Å². The summed E-state index contributed by atoms with van der Waals surface area (Å²) in [5, 5.41) is 7.61. The monoisotopic (exact) mass is 443 g/mol. The Hall–Kier alpha value is -2.97. The number of halogens is 3. The van der Waals surface area contributed by atoms with E-state index in [1.54, 1.807) is 18.2 Å². The number of hydrogen-bond donors (Lipinski definition) is 4. The number of rotatable bonds is 4. The Balaban J connectivity index is 1.68. The average molecular weight is 444 g/mol. The number of imidazole rings is 1. The lowest BCUT2D eigenvalue weighted by molar-refractivity contribution is 0.393. The van der Waals surface area contributed by atoms with E-state index in [0.717, 1.165) is 38.1 Å². The zero-order valence-electron chi connectivity index (χ0n) is 16.5. The second-order valence-electron chi connectivity index (χ2n) is 7.86. The molecule has 1 atom stereocenters. The van der Waals surface area contributed by atoms with Crippen LogP contribution in [0.3, 0.4) is 0 Å². The molecule has 1 saturated heterocycles. The first kappa shape index (κ1) is 20.0. The van der Waals surface area contributed by atoms with Crippen LogP contribution in [0.4, 0.5) is 14.5 Å². The van der Waals surface area contributed by atoms with Crippen LogP contribution >= 0.6 is 11.6 Å². The zero-order valence-corrected chi connectivity index (χ0v) is 17.2. The summed E-state index contributed by atoms with van der Waals surface area (Å²) in [7, 11) is 0. The van der Waals surface area contributed by atoms with Crippen LogP contribution in [0, 0.1) is 17.6 Å². The van der Waals surface area contributed by atoms with Gasteiger partial charge in [0, 0.05) is 23.0 Å². The second-order valence-corrected chi connectivity index (χ2v) is 8.29. The van der Waals surface area contributed by atoms with E-state index in [1.165, 1.54) is 0 Å². The number of pyridine rings is 1. The molecule has 0 aliphatic carbocycles. The van der Waals surface area contributed by atoms with E-state index in [2.05, 4.69) is 25.6 Å². The van der Waals surface area contributed by atoms with Gasteiger partial charge in [0.2, 0.25) is 0 Å². The Kier molecular flexibility index (Phi) is 5.11. The fraction of sp³-hybridized carbons (Fsp3) is 0.273. The van der Waals surface area contributed by atoms with Crippen LogP contribution in [0.2, 0.25) is 5.02 Å². The average Bonchev–Trinajstić information content (AvgIpc) is 3.16. The van der Waals surface area contributed by atoms with Crippen molar-refractivity contribution in [3.05, 3.63) is 57.3 Å². The maximum Gasteiger partial charge on any atom is 0.261 e. The first-order valence-corrected chi connectivity index (χ1v) is 10.5. The number of H-pyrrole nitrogens is 2. The number of nitrogens with one attached hydrogen (secondary N) is 4. The third-order valence-corrected chi connectivity index (χ3v) is 5.94. The number of anilines is 1. The number of hydrogen-bond acceptors (Lipinski definition) is 4. The highest BCUT2D eigenvalue weighted by molar-refractivity contribution is 6.31. The summed E-state index contributed by atoms with van der Waals surface area (Å²) in [6.07, 6.45) is 2.11. The molecule has 9 heteroatoms. The van der Waals surface area contributed by atoms with E-state index in [4.69, 9.17) is 11.6 Å². The van der Waals surface area contributed by atoms with Gasteiger partial charge in [-0.3, -0.25) is 4.79 Å². The molecule has 3 heterocycles. The fourth-order valence-corrected chi connectivity index (χ4v) is 4.32. The van der Waals surface area contributed by atoms with Crippen molar-refractivity contribution in [3.8, 4) is 11.4 Å². The molecule has 5 rings (SSSR count). The number of nitrogens with zero attached hydrogens (tertiary/aromatic N) is 1. The molecule has 2 aromatic carbocycles. The maximum absolute atomic E-state index is 14.1. The molecular formula is C22H20ClF2N5O. The van der Waals surface area contributed by atoms with Crippen molar-refractivity contribution >= 4 is 39.2 Å². The minimum absolute atomic E-state index is 0.219. The first-order chi connectivity index (χ1) is 15.0. The van der Waals surface area contributed by atoms with Gasteiger partial charge in [-0.1, -0.05) is 11.6 Å². The summed E-state index contributed by atoms with van der Waals surface area (Å²) >= 11 is 6.07. The topological polar surface area (TPSA) is 85.6 Å². The SMILES string of the molecule is O=c1[nH]c2cc(F)c(F)cc2c(NCC2CCCNC2)c1-c1nc2ccc(Cl)cc2[nH]1. The van der Waals surface area contributed by atoms with Gasteiger partial charge in [0.15, 0.2) is 11.6 Å². The van der Waals surface area contributed by atoms with Crippen LogP contribution in [0.15, 0.2) is 35.1 Å². The molecular weight excluding hydrogens is 424 g/mol. The summed E-state index contributed by atoms with van der Waals surface area (Å²) in [6, 6.07) is 7.29. The Morgan fingerprint density at radius 1 is 1.13 bits per heavy atom. The molecule has 1 aliphatic heterocycles. The molecule has 31 heavy (non-hydrogen) atoms. The van der Waals surface area contributed by atoms with Crippen molar-refractivity contribution in [2.75, 3.05) is 25.0 Å². The number of piperidine rings is 1. The Labute approximate surface area is 181 Å². The summed E-state index contributed by atoms with van der Waals surface area (Å²) in [5.74, 6) is -1.31. The Bertz CT molecular complexity index is 1340. The van der Waals surface area contributed by atoms with Crippen molar-refractivity contribution < 1.29 is 8.78 Å². The predicted molar refractivity (Wildman–Crippen MR) is 119 cm³/mol. The molecule has 0 saturated carbocycles. The molecule has 0 spiro atoms. The molecule has 6 nitrogen and oxygen atoms in total.